The second-order valence-electron chi connectivity index (χ2n) is 6.96. The minimum Gasteiger partial charge on any atom is -0.548 e. The summed E-state index contributed by atoms with van der Waals surface area (Å²) in [5.41, 5.74) is 1.64. The average Bonchev–Trinajstić information content (AvgIpc) is 2.87. The van der Waals surface area contributed by atoms with Gasteiger partial charge in [0.2, 0.25) is 8.32 Å². The van der Waals surface area contributed by atoms with E-state index in [0.717, 1.165) is 12.8 Å². The van der Waals surface area contributed by atoms with Crippen LogP contribution in [0.2, 0.25) is 19.6 Å². The molecule has 3 heteroatoms. The minimum atomic E-state index is -1.44. The molecular formula is C16H26O2Si. The van der Waals surface area contributed by atoms with Crippen LogP contribution < -0.4 is 0 Å². The summed E-state index contributed by atoms with van der Waals surface area (Å²) in [5, 5.41) is 0. The molecule has 106 valence electrons. The summed E-state index contributed by atoms with van der Waals surface area (Å²) >= 11 is 0. The first kappa shape index (κ1) is 14.4. The SMILES string of the molecule is C[C@@]1(CCCc2ccoc2)C=C(O[Si](C)(C)C)CC1. The van der Waals surface area contributed by atoms with E-state index in [-0.39, 0.29) is 0 Å². The molecule has 1 aromatic rings. The topological polar surface area (TPSA) is 22.4 Å². The molecule has 1 aromatic heterocycles. The van der Waals surface area contributed by atoms with Crippen molar-refractivity contribution in [3.05, 3.63) is 36.0 Å². The second-order valence-corrected chi connectivity index (χ2v) is 11.4. The van der Waals surface area contributed by atoms with Gasteiger partial charge in [0.1, 0.15) is 0 Å². The lowest BCUT2D eigenvalue weighted by molar-refractivity contribution is 0.368. The Bertz CT molecular complexity index is 428. The van der Waals surface area contributed by atoms with Gasteiger partial charge in [0.15, 0.2) is 0 Å². The maximum Gasteiger partial charge on any atom is 0.241 e. The molecule has 0 radical (unpaired) electrons. The zero-order valence-electron chi connectivity index (χ0n) is 12.7. The fraction of sp³-hybridized carbons (Fsp3) is 0.625. The maximum atomic E-state index is 6.13. The van der Waals surface area contributed by atoms with Gasteiger partial charge < -0.3 is 8.84 Å². The van der Waals surface area contributed by atoms with Gasteiger partial charge in [0.25, 0.3) is 0 Å². The molecule has 0 bridgehead atoms. The molecule has 0 aromatic carbocycles. The predicted molar refractivity (Wildman–Crippen MR) is 81.5 cm³/mol. The molecule has 0 saturated carbocycles. The number of hydrogen-bond donors (Lipinski definition) is 0. The Morgan fingerprint density at radius 3 is 2.79 bits per heavy atom. The molecule has 1 aliphatic rings. The molecule has 0 unspecified atom stereocenters. The lowest BCUT2D eigenvalue weighted by atomic mass is 9.84. The van der Waals surface area contributed by atoms with Gasteiger partial charge in [-0.25, -0.2) is 0 Å². The zero-order valence-corrected chi connectivity index (χ0v) is 13.7. The van der Waals surface area contributed by atoms with Crippen LogP contribution in [0.25, 0.3) is 0 Å². The standard InChI is InChI=1S/C16H26O2Si/c1-16(9-5-6-14-8-11-17-13-14)10-7-15(12-16)18-19(2,3)4/h8,11-13H,5-7,9-10H2,1-4H3/t16-/m0/s1. The zero-order chi connectivity index (χ0) is 13.9. The third-order valence-corrected chi connectivity index (χ3v) is 4.56. The number of aryl methyl sites for hydroxylation is 1. The predicted octanol–water partition coefficient (Wildman–Crippen LogP) is 5.14. The molecule has 0 N–H and O–H groups in total. The van der Waals surface area contributed by atoms with Gasteiger partial charge in [-0.05, 0) is 68.4 Å². The highest BCUT2D eigenvalue weighted by Crippen LogP contribution is 2.40. The number of allylic oxidation sites excluding steroid dienone is 2. The fourth-order valence-corrected chi connectivity index (χ4v) is 3.69. The molecule has 19 heavy (non-hydrogen) atoms. The van der Waals surface area contributed by atoms with Gasteiger partial charge in [-0.15, -0.1) is 0 Å². The van der Waals surface area contributed by atoms with Crippen LogP contribution in [-0.2, 0) is 10.8 Å². The molecule has 2 rings (SSSR count). The van der Waals surface area contributed by atoms with Crippen LogP contribution in [0.3, 0.4) is 0 Å². The van der Waals surface area contributed by atoms with E-state index in [1.165, 1.54) is 30.6 Å². The van der Waals surface area contributed by atoms with Crippen molar-refractivity contribution < 1.29 is 8.84 Å². The summed E-state index contributed by atoms with van der Waals surface area (Å²) in [6.07, 6.45) is 11.9. The van der Waals surface area contributed by atoms with Gasteiger partial charge in [0, 0.05) is 6.42 Å². The molecule has 1 aliphatic carbocycles. The molecule has 0 aliphatic heterocycles. The summed E-state index contributed by atoms with van der Waals surface area (Å²) in [7, 11) is -1.44. The molecule has 1 heterocycles. The quantitative estimate of drug-likeness (QED) is 0.672. The van der Waals surface area contributed by atoms with Crippen LogP contribution in [0.1, 0.15) is 38.2 Å². The number of furan rings is 1. The van der Waals surface area contributed by atoms with Crippen molar-refractivity contribution in [2.45, 2.75) is 58.7 Å². The molecule has 2 nitrogen and oxygen atoms in total. The van der Waals surface area contributed by atoms with E-state index in [0.29, 0.717) is 5.41 Å². The van der Waals surface area contributed by atoms with E-state index in [9.17, 15) is 0 Å². The highest BCUT2D eigenvalue weighted by Gasteiger charge is 2.30. The Labute approximate surface area is 118 Å². The van der Waals surface area contributed by atoms with Crippen LogP contribution >= 0.6 is 0 Å². The maximum absolute atomic E-state index is 6.13. The third-order valence-electron chi connectivity index (χ3n) is 3.68. The highest BCUT2D eigenvalue weighted by atomic mass is 28.4. The molecule has 0 amide bonds. The van der Waals surface area contributed by atoms with Crippen molar-refractivity contribution in [1.82, 2.24) is 0 Å². The van der Waals surface area contributed by atoms with E-state index in [4.69, 9.17) is 8.84 Å². The summed E-state index contributed by atoms with van der Waals surface area (Å²) < 4.78 is 11.2. The molecule has 0 saturated heterocycles. The van der Waals surface area contributed by atoms with E-state index >= 15 is 0 Å². The van der Waals surface area contributed by atoms with Crippen molar-refractivity contribution in [2.75, 3.05) is 0 Å². The van der Waals surface area contributed by atoms with Crippen molar-refractivity contribution in [1.29, 1.82) is 0 Å². The Balaban J connectivity index is 1.83. The Kier molecular flexibility index (Phi) is 4.24. The fourth-order valence-electron chi connectivity index (χ4n) is 2.74. The van der Waals surface area contributed by atoms with E-state index in [1.54, 1.807) is 6.26 Å². The van der Waals surface area contributed by atoms with Crippen LogP contribution in [0.4, 0.5) is 0 Å². The molecular weight excluding hydrogens is 252 g/mol. The smallest absolute Gasteiger partial charge is 0.241 e. The summed E-state index contributed by atoms with van der Waals surface area (Å²) in [6.45, 7) is 9.12. The molecule has 1 atom stereocenters. The van der Waals surface area contributed by atoms with Crippen LogP contribution in [0, 0.1) is 5.41 Å². The van der Waals surface area contributed by atoms with Crippen molar-refractivity contribution in [3.63, 3.8) is 0 Å². The van der Waals surface area contributed by atoms with E-state index in [2.05, 4.69) is 38.7 Å². The first-order valence-corrected chi connectivity index (χ1v) is 10.7. The van der Waals surface area contributed by atoms with Gasteiger partial charge in [-0.3, -0.25) is 0 Å². The minimum absolute atomic E-state index is 0.332. The van der Waals surface area contributed by atoms with Crippen molar-refractivity contribution in [2.24, 2.45) is 5.41 Å². The summed E-state index contributed by atoms with van der Waals surface area (Å²) in [4.78, 5) is 0. The van der Waals surface area contributed by atoms with Gasteiger partial charge in [-0.1, -0.05) is 6.92 Å². The summed E-state index contributed by atoms with van der Waals surface area (Å²) in [6, 6.07) is 2.06. The van der Waals surface area contributed by atoms with Crippen LogP contribution in [0.5, 0.6) is 0 Å². The van der Waals surface area contributed by atoms with Gasteiger partial charge in [-0.2, -0.15) is 0 Å². The highest BCUT2D eigenvalue weighted by molar-refractivity contribution is 6.70. The van der Waals surface area contributed by atoms with Gasteiger partial charge >= 0.3 is 0 Å². The normalized spacial score (nSPS) is 23.5. The first-order valence-electron chi connectivity index (χ1n) is 7.28. The van der Waals surface area contributed by atoms with E-state index < -0.39 is 8.32 Å². The monoisotopic (exact) mass is 278 g/mol. The largest absolute Gasteiger partial charge is 0.548 e. The van der Waals surface area contributed by atoms with Gasteiger partial charge in [0.05, 0.1) is 18.3 Å². The summed E-state index contributed by atoms with van der Waals surface area (Å²) in [5.74, 6) is 1.24. The van der Waals surface area contributed by atoms with Crippen LogP contribution in [0.15, 0.2) is 34.8 Å². The van der Waals surface area contributed by atoms with E-state index in [1.807, 2.05) is 6.26 Å². The number of hydrogen-bond acceptors (Lipinski definition) is 2. The Morgan fingerprint density at radius 1 is 1.37 bits per heavy atom. The Hall–Kier alpha value is -0.963. The second kappa shape index (κ2) is 5.57. The first-order chi connectivity index (χ1) is 8.86. The molecule has 0 fully saturated rings. The lowest BCUT2D eigenvalue weighted by Crippen LogP contribution is -2.24. The third kappa shape index (κ3) is 4.57. The Morgan fingerprint density at radius 2 is 2.16 bits per heavy atom. The van der Waals surface area contributed by atoms with Crippen molar-refractivity contribution >= 4 is 8.32 Å². The average molecular weight is 278 g/mol. The lowest BCUT2D eigenvalue weighted by Gasteiger charge is -2.21. The van der Waals surface area contributed by atoms with Crippen LogP contribution in [-0.4, -0.2) is 8.32 Å². The van der Waals surface area contributed by atoms with Crippen molar-refractivity contribution in [3.8, 4) is 0 Å². The molecule has 0 spiro atoms. The number of rotatable bonds is 6.